The minimum Gasteiger partial charge on any atom is -0.493 e. The first-order valence-electron chi connectivity index (χ1n) is 11.5. The molecular formula is C27H29ClN2O6. The molecule has 3 atom stereocenters. The number of benzene rings is 2. The standard InChI is InChI=1S/C27H29ClN2O6/c1-5-34-25-22(33-4)14-15-29-23(25)26(31)30-17(2)27(32)35-18(3)24(19-10-7-6-8-11-19)36-21-13-9-12-20(28)16-21/h6-18,24H,5H2,1-4H3,(H,30,31)/t17-,18-,24-/m0/s1. The molecule has 0 fully saturated rings. The topological polar surface area (TPSA) is 96.0 Å². The van der Waals surface area contributed by atoms with Gasteiger partial charge in [-0.3, -0.25) is 4.79 Å². The number of halogens is 1. The van der Waals surface area contributed by atoms with Crippen molar-refractivity contribution in [2.45, 2.75) is 39.0 Å². The lowest BCUT2D eigenvalue weighted by Crippen LogP contribution is -2.42. The highest BCUT2D eigenvalue weighted by Crippen LogP contribution is 2.30. The molecule has 1 N–H and O–H groups in total. The molecule has 36 heavy (non-hydrogen) atoms. The smallest absolute Gasteiger partial charge is 0.328 e. The number of methoxy groups -OCH3 is 1. The van der Waals surface area contributed by atoms with Gasteiger partial charge in [-0.2, -0.15) is 0 Å². The van der Waals surface area contributed by atoms with Crippen molar-refractivity contribution in [2.24, 2.45) is 0 Å². The molecule has 0 bridgehead atoms. The number of carbonyl (C=O) groups excluding carboxylic acids is 2. The zero-order chi connectivity index (χ0) is 26.1. The van der Waals surface area contributed by atoms with Gasteiger partial charge in [-0.25, -0.2) is 9.78 Å². The Morgan fingerprint density at radius 2 is 1.81 bits per heavy atom. The molecule has 2 aromatic carbocycles. The monoisotopic (exact) mass is 512 g/mol. The molecule has 9 heteroatoms. The molecule has 0 saturated carbocycles. The van der Waals surface area contributed by atoms with Crippen molar-refractivity contribution in [3.05, 3.63) is 83.1 Å². The molecule has 1 amide bonds. The first-order chi connectivity index (χ1) is 17.3. The summed E-state index contributed by atoms with van der Waals surface area (Å²) in [5.74, 6) is -0.123. The van der Waals surface area contributed by atoms with E-state index in [1.165, 1.54) is 20.2 Å². The predicted molar refractivity (Wildman–Crippen MR) is 136 cm³/mol. The largest absolute Gasteiger partial charge is 0.493 e. The van der Waals surface area contributed by atoms with Gasteiger partial charge in [0.25, 0.3) is 5.91 Å². The summed E-state index contributed by atoms with van der Waals surface area (Å²) in [6.07, 6.45) is 0.132. The van der Waals surface area contributed by atoms with Crippen molar-refractivity contribution in [2.75, 3.05) is 13.7 Å². The maximum atomic E-state index is 12.9. The van der Waals surface area contributed by atoms with Gasteiger partial charge in [-0.15, -0.1) is 0 Å². The maximum Gasteiger partial charge on any atom is 0.328 e. The molecule has 0 aliphatic carbocycles. The average Bonchev–Trinajstić information content (AvgIpc) is 2.87. The number of hydrogen-bond donors (Lipinski definition) is 1. The summed E-state index contributed by atoms with van der Waals surface area (Å²) in [7, 11) is 1.47. The van der Waals surface area contributed by atoms with Gasteiger partial charge in [0.1, 0.15) is 17.9 Å². The van der Waals surface area contributed by atoms with Crippen LogP contribution in [0, 0.1) is 0 Å². The van der Waals surface area contributed by atoms with Crippen LogP contribution in [0.25, 0.3) is 0 Å². The molecule has 0 radical (unpaired) electrons. The minimum atomic E-state index is -0.968. The quantitative estimate of drug-likeness (QED) is 0.361. The van der Waals surface area contributed by atoms with Crippen LogP contribution in [0.15, 0.2) is 66.9 Å². The Morgan fingerprint density at radius 1 is 1.06 bits per heavy atom. The van der Waals surface area contributed by atoms with Crippen LogP contribution in [-0.4, -0.2) is 42.7 Å². The first kappa shape index (κ1) is 26.8. The highest BCUT2D eigenvalue weighted by atomic mass is 35.5. The van der Waals surface area contributed by atoms with Gasteiger partial charge in [-0.05, 0) is 44.5 Å². The van der Waals surface area contributed by atoms with Crippen molar-refractivity contribution in [3.63, 3.8) is 0 Å². The fourth-order valence-electron chi connectivity index (χ4n) is 3.47. The Hall–Kier alpha value is -3.78. The van der Waals surface area contributed by atoms with Gasteiger partial charge >= 0.3 is 5.97 Å². The Labute approximate surface area is 215 Å². The van der Waals surface area contributed by atoms with Gasteiger partial charge in [0.05, 0.1) is 13.7 Å². The van der Waals surface area contributed by atoms with Crippen LogP contribution in [0.2, 0.25) is 5.02 Å². The molecule has 3 aromatic rings. The van der Waals surface area contributed by atoms with Gasteiger partial charge < -0.3 is 24.3 Å². The summed E-state index contributed by atoms with van der Waals surface area (Å²) in [4.78, 5) is 29.9. The summed E-state index contributed by atoms with van der Waals surface area (Å²) in [6, 6.07) is 17.0. The van der Waals surface area contributed by atoms with E-state index in [4.69, 9.17) is 30.5 Å². The molecule has 8 nitrogen and oxygen atoms in total. The maximum absolute atomic E-state index is 12.9. The third-order valence-corrected chi connectivity index (χ3v) is 5.44. The highest BCUT2D eigenvalue weighted by molar-refractivity contribution is 6.30. The molecular weight excluding hydrogens is 484 g/mol. The van der Waals surface area contributed by atoms with Crippen LogP contribution >= 0.6 is 11.6 Å². The number of esters is 1. The van der Waals surface area contributed by atoms with Gasteiger partial charge in [0.15, 0.2) is 23.3 Å². The van der Waals surface area contributed by atoms with Gasteiger partial charge in [-0.1, -0.05) is 48.0 Å². The van der Waals surface area contributed by atoms with E-state index in [1.54, 1.807) is 44.2 Å². The molecule has 0 aliphatic heterocycles. The third-order valence-electron chi connectivity index (χ3n) is 5.21. The number of amides is 1. The summed E-state index contributed by atoms with van der Waals surface area (Å²) in [5, 5.41) is 3.14. The van der Waals surface area contributed by atoms with Crippen LogP contribution < -0.4 is 19.5 Å². The minimum absolute atomic E-state index is 0.00958. The van der Waals surface area contributed by atoms with E-state index in [0.717, 1.165) is 5.56 Å². The molecule has 0 spiro atoms. The predicted octanol–water partition coefficient (Wildman–Crippen LogP) is 5.01. The SMILES string of the molecule is CCOc1c(OC)ccnc1C(=O)N[C@@H](C)C(=O)O[C@@H](C)[C@H](Oc1cccc(Cl)c1)c1ccccc1. The van der Waals surface area contributed by atoms with Crippen LogP contribution in [0.3, 0.4) is 0 Å². The van der Waals surface area contributed by atoms with E-state index in [0.29, 0.717) is 23.1 Å². The molecule has 190 valence electrons. The lowest BCUT2D eigenvalue weighted by atomic mass is 10.0. The second-order valence-corrected chi connectivity index (χ2v) is 8.30. The number of ether oxygens (including phenoxy) is 4. The summed E-state index contributed by atoms with van der Waals surface area (Å²) in [5.41, 5.74) is 0.826. The summed E-state index contributed by atoms with van der Waals surface area (Å²) >= 11 is 6.10. The number of pyridine rings is 1. The normalized spacial score (nSPS) is 13.1. The molecule has 0 saturated heterocycles. The van der Waals surface area contributed by atoms with E-state index in [1.807, 2.05) is 30.3 Å². The molecule has 0 unspecified atom stereocenters. The molecule has 1 heterocycles. The third kappa shape index (κ3) is 6.88. The lowest BCUT2D eigenvalue weighted by Gasteiger charge is -2.27. The Kier molecular flexibility index (Phi) is 9.53. The van der Waals surface area contributed by atoms with E-state index >= 15 is 0 Å². The second-order valence-electron chi connectivity index (χ2n) is 7.87. The fourth-order valence-corrected chi connectivity index (χ4v) is 3.65. The Bertz CT molecular complexity index is 1170. The zero-order valence-electron chi connectivity index (χ0n) is 20.6. The number of hydrogen-bond acceptors (Lipinski definition) is 7. The number of rotatable bonds is 11. The molecule has 0 aliphatic rings. The van der Waals surface area contributed by atoms with E-state index in [2.05, 4.69) is 10.3 Å². The zero-order valence-corrected chi connectivity index (χ0v) is 21.3. The first-order valence-corrected chi connectivity index (χ1v) is 11.9. The highest BCUT2D eigenvalue weighted by Gasteiger charge is 2.29. The van der Waals surface area contributed by atoms with Crippen molar-refractivity contribution >= 4 is 23.5 Å². The van der Waals surface area contributed by atoms with Crippen LogP contribution in [0.1, 0.15) is 42.9 Å². The summed E-state index contributed by atoms with van der Waals surface area (Å²) < 4.78 is 22.7. The van der Waals surface area contributed by atoms with E-state index < -0.39 is 30.1 Å². The number of nitrogens with zero attached hydrogens (tertiary/aromatic N) is 1. The van der Waals surface area contributed by atoms with E-state index in [9.17, 15) is 9.59 Å². The van der Waals surface area contributed by atoms with Gasteiger partial charge in [0, 0.05) is 17.3 Å². The summed E-state index contributed by atoms with van der Waals surface area (Å²) in [6.45, 7) is 5.35. The van der Waals surface area contributed by atoms with Crippen LogP contribution in [-0.2, 0) is 9.53 Å². The van der Waals surface area contributed by atoms with Crippen molar-refractivity contribution < 1.29 is 28.5 Å². The van der Waals surface area contributed by atoms with Gasteiger partial charge in [0.2, 0.25) is 0 Å². The fraction of sp³-hybridized carbons (Fsp3) is 0.296. The lowest BCUT2D eigenvalue weighted by molar-refractivity contribution is -0.154. The number of nitrogens with one attached hydrogen (secondary N) is 1. The van der Waals surface area contributed by atoms with Crippen molar-refractivity contribution in [1.29, 1.82) is 0 Å². The number of aromatic nitrogens is 1. The van der Waals surface area contributed by atoms with Crippen LogP contribution in [0.4, 0.5) is 0 Å². The number of carbonyl (C=O) groups is 2. The van der Waals surface area contributed by atoms with Crippen LogP contribution in [0.5, 0.6) is 17.2 Å². The Morgan fingerprint density at radius 3 is 2.47 bits per heavy atom. The molecule has 1 aromatic heterocycles. The van der Waals surface area contributed by atoms with Crippen molar-refractivity contribution in [3.8, 4) is 17.2 Å². The average molecular weight is 513 g/mol. The van der Waals surface area contributed by atoms with E-state index in [-0.39, 0.29) is 11.4 Å². The second kappa shape index (κ2) is 12.8. The van der Waals surface area contributed by atoms with Crippen molar-refractivity contribution in [1.82, 2.24) is 10.3 Å². The Balaban J connectivity index is 1.72. The molecule has 3 rings (SSSR count).